The van der Waals surface area contributed by atoms with Gasteiger partial charge >= 0.3 is 0 Å². The minimum Gasteiger partial charge on any atom is -0.378 e. The second kappa shape index (κ2) is 5.41. The molecule has 0 spiro atoms. The van der Waals surface area contributed by atoms with Crippen LogP contribution in [-0.4, -0.2) is 28.3 Å². The zero-order valence-electron chi connectivity index (χ0n) is 10.9. The fourth-order valence-electron chi connectivity index (χ4n) is 2.42. The van der Waals surface area contributed by atoms with E-state index in [0.29, 0.717) is 23.7 Å². The Hall–Kier alpha value is -0.870. The van der Waals surface area contributed by atoms with Gasteiger partial charge in [-0.05, 0) is 25.7 Å². The molecule has 0 aromatic carbocycles. The van der Waals surface area contributed by atoms with Gasteiger partial charge in [0.05, 0.1) is 16.8 Å². The number of hydrogen-bond donors (Lipinski definition) is 0. The molecule has 4 nitrogen and oxygen atoms in total. The van der Waals surface area contributed by atoms with Gasteiger partial charge in [-0.2, -0.15) is 5.10 Å². The van der Waals surface area contributed by atoms with Gasteiger partial charge in [-0.1, -0.05) is 18.5 Å². The molecule has 5 heteroatoms. The third-order valence-electron chi connectivity index (χ3n) is 3.67. The molecule has 0 atom stereocenters. The van der Waals surface area contributed by atoms with Crippen LogP contribution in [0.5, 0.6) is 0 Å². The molecule has 2 rings (SSSR count). The standard InChI is InChI=1S/C13H19ClN2O2/c1-3-7-16-12(10(14)9-15-16)11(17)8-13(18-2)5-4-6-13/h9H,3-8H2,1-2H3. The number of ether oxygens (including phenoxy) is 1. The summed E-state index contributed by atoms with van der Waals surface area (Å²) in [5, 5.41) is 4.59. The van der Waals surface area contributed by atoms with Crippen molar-refractivity contribution in [3.63, 3.8) is 0 Å². The topological polar surface area (TPSA) is 44.1 Å². The molecule has 1 aliphatic carbocycles. The van der Waals surface area contributed by atoms with Crippen LogP contribution < -0.4 is 0 Å². The second-order valence-electron chi connectivity index (χ2n) is 4.90. The maximum Gasteiger partial charge on any atom is 0.185 e. The smallest absolute Gasteiger partial charge is 0.185 e. The van der Waals surface area contributed by atoms with E-state index in [1.165, 1.54) is 0 Å². The molecular weight excluding hydrogens is 252 g/mol. The van der Waals surface area contributed by atoms with Crippen molar-refractivity contribution in [2.24, 2.45) is 0 Å². The Morgan fingerprint density at radius 3 is 2.83 bits per heavy atom. The third-order valence-corrected chi connectivity index (χ3v) is 3.95. The van der Waals surface area contributed by atoms with Crippen LogP contribution in [-0.2, 0) is 11.3 Å². The number of halogens is 1. The summed E-state index contributed by atoms with van der Waals surface area (Å²) in [4.78, 5) is 12.4. The van der Waals surface area contributed by atoms with Gasteiger partial charge in [0.25, 0.3) is 0 Å². The van der Waals surface area contributed by atoms with Crippen LogP contribution in [0.1, 0.15) is 49.5 Å². The molecular formula is C13H19ClN2O2. The van der Waals surface area contributed by atoms with Crippen LogP contribution >= 0.6 is 11.6 Å². The fraction of sp³-hybridized carbons (Fsp3) is 0.692. The average Bonchev–Trinajstić information content (AvgIpc) is 2.66. The van der Waals surface area contributed by atoms with Gasteiger partial charge in [0, 0.05) is 20.1 Å². The zero-order chi connectivity index (χ0) is 13.2. The highest BCUT2D eigenvalue weighted by Gasteiger charge is 2.40. The van der Waals surface area contributed by atoms with Crippen molar-refractivity contribution >= 4 is 17.4 Å². The second-order valence-corrected chi connectivity index (χ2v) is 5.31. The Morgan fingerprint density at radius 2 is 2.33 bits per heavy atom. The summed E-state index contributed by atoms with van der Waals surface area (Å²) in [7, 11) is 1.68. The number of aromatic nitrogens is 2. The number of nitrogens with zero attached hydrogens (tertiary/aromatic N) is 2. The Labute approximate surface area is 112 Å². The molecule has 1 heterocycles. The maximum atomic E-state index is 12.4. The van der Waals surface area contributed by atoms with Gasteiger partial charge in [-0.3, -0.25) is 9.48 Å². The number of rotatable bonds is 6. The van der Waals surface area contributed by atoms with Crippen LogP contribution in [0.3, 0.4) is 0 Å². The van der Waals surface area contributed by atoms with Crippen molar-refractivity contribution in [2.45, 2.75) is 51.2 Å². The van der Waals surface area contributed by atoms with E-state index in [2.05, 4.69) is 5.10 Å². The molecule has 1 fully saturated rings. The molecule has 1 saturated carbocycles. The Morgan fingerprint density at radius 1 is 1.61 bits per heavy atom. The third kappa shape index (κ3) is 2.45. The predicted octanol–water partition coefficient (Wildman–Crippen LogP) is 3.09. The summed E-state index contributed by atoms with van der Waals surface area (Å²) in [5.41, 5.74) is 0.267. The van der Waals surface area contributed by atoms with Crippen LogP contribution in [0.25, 0.3) is 0 Å². The number of carbonyl (C=O) groups is 1. The Kier molecular flexibility index (Phi) is 4.07. The molecule has 100 valence electrons. The lowest BCUT2D eigenvalue weighted by atomic mass is 9.76. The first-order chi connectivity index (χ1) is 8.62. The monoisotopic (exact) mass is 270 g/mol. The number of Topliss-reactive ketones (excluding diaryl/α,β-unsaturated/α-hetero) is 1. The van der Waals surface area contributed by atoms with E-state index in [9.17, 15) is 4.79 Å². The van der Waals surface area contributed by atoms with Crippen molar-refractivity contribution in [2.75, 3.05) is 7.11 Å². The molecule has 0 amide bonds. The molecule has 0 bridgehead atoms. The minimum absolute atomic E-state index is 0.0347. The molecule has 0 radical (unpaired) electrons. The lowest BCUT2D eigenvalue weighted by Crippen LogP contribution is -2.41. The SMILES string of the molecule is CCCn1ncc(Cl)c1C(=O)CC1(OC)CCC1. The number of hydrogen-bond acceptors (Lipinski definition) is 3. The largest absolute Gasteiger partial charge is 0.378 e. The molecule has 1 aromatic rings. The van der Waals surface area contributed by atoms with E-state index in [0.717, 1.165) is 25.7 Å². The predicted molar refractivity (Wildman–Crippen MR) is 70.1 cm³/mol. The molecule has 1 aliphatic rings. The van der Waals surface area contributed by atoms with Crippen molar-refractivity contribution in [3.8, 4) is 0 Å². The summed E-state index contributed by atoms with van der Waals surface area (Å²) in [6.07, 6.45) is 5.91. The summed E-state index contributed by atoms with van der Waals surface area (Å²) in [5.74, 6) is 0.0347. The van der Waals surface area contributed by atoms with Crippen LogP contribution in [0.2, 0.25) is 5.02 Å². The van der Waals surface area contributed by atoms with Gasteiger partial charge in [-0.25, -0.2) is 0 Å². The highest BCUT2D eigenvalue weighted by molar-refractivity contribution is 6.33. The van der Waals surface area contributed by atoms with E-state index in [1.807, 2.05) is 6.92 Å². The van der Waals surface area contributed by atoms with Crippen LogP contribution in [0.15, 0.2) is 6.20 Å². The molecule has 0 aliphatic heterocycles. The van der Waals surface area contributed by atoms with Crippen LogP contribution in [0.4, 0.5) is 0 Å². The first-order valence-electron chi connectivity index (χ1n) is 6.41. The lowest BCUT2D eigenvalue weighted by Gasteiger charge is -2.40. The van der Waals surface area contributed by atoms with Gasteiger partial charge in [0.1, 0.15) is 5.69 Å². The Balaban J connectivity index is 2.15. The summed E-state index contributed by atoms with van der Waals surface area (Å²) < 4.78 is 7.19. The van der Waals surface area contributed by atoms with Crippen molar-refractivity contribution in [1.82, 2.24) is 9.78 Å². The van der Waals surface area contributed by atoms with Crippen molar-refractivity contribution < 1.29 is 9.53 Å². The quantitative estimate of drug-likeness (QED) is 0.746. The highest BCUT2D eigenvalue weighted by atomic mass is 35.5. The fourth-order valence-corrected chi connectivity index (χ4v) is 2.67. The Bertz CT molecular complexity index is 433. The van der Waals surface area contributed by atoms with Gasteiger partial charge in [0.15, 0.2) is 5.78 Å². The van der Waals surface area contributed by atoms with Crippen molar-refractivity contribution in [1.29, 1.82) is 0 Å². The zero-order valence-corrected chi connectivity index (χ0v) is 11.7. The molecule has 0 saturated heterocycles. The molecule has 18 heavy (non-hydrogen) atoms. The van der Waals surface area contributed by atoms with Gasteiger partial charge < -0.3 is 4.74 Å². The minimum atomic E-state index is -0.262. The van der Waals surface area contributed by atoms with E-state index >= 15 is 0 Å². The average molecular weight is 271 g/mol. The summed E-state index contributed by atoms with van der Waals surface area (Å²) in [6, 6.07) is 0. The number of aryl methyl sites for hydroxylation is 1. The highest BCUT2D eigenvalue weighted by Crippen LogP contribution is 2.39. The first kappa shape index (κ1) is 13.6. The summed E-state index contributed by atoms with van der Waals surface area (Å²) >= 11 is 6.06. The number of methoxy groups -OCH3 is 1. The molecule has 0 N–H and O–H groups in total. The van der Waals surface area contributed by atoms with E-state index in [4.69, 9.17) is 16.3 Å². The molecule has 0 unspecified atom stereocenters. The number of carbonyl (C=O) groups excluding carboxylic acids is 1. The maximum absolute atomic E-state index is 12.4. The van der Waals surface area contributed by atoms with Gasteiger partial charge in [-0.15, -0.1) is 0 Å². The van der Waals surface area contributed by atoms with E-state index < -0.39 is 0 Å². The lowest BCUT2D eigenvalue weighted by molar-refractivity contribution is -0.0706. The van der Waals surface area contributed by atoms with Gasteiger partial charge in [0.2, 0.25) is 0 Å². The normalized spacial score (nSPS) is 17.5. The van der Waals surface area contributed by atoms with Crippen molar-refractivity contribution in [3.05, 3.63) is 16.9 Å². The summed E-state index contributed by atoms with van der Waals surface area (Å²) in [6.45, 7) is 2.76. The van der Waals surface area contributed by atoms with E-state index in [-0.39, 0.29) is 11.4 Å². The first-order valence-corrected chi connectivity index (χ1v) is 6.79. The van der Waals surface area contributed by atoms with Crippen LogP contribution in [0, 0.1) is 0 Å². The molecule has 1 aromatic heterocycles. The number of ketones is 1. The van der Waals surface area contributed by atoms with E-state index in [1.54, 1.807) is 18.0 Å².